The van der Waals surface area contributed by atoms with Gasteiger partial charge < -0.3 is 14.2 Å². The topological polar surface area (TPSA) is 61.8 Å². The molecule has 0 heterocycles. The van der Waals surface area contributed by atoms with Crippen LogP contribution in [0.5, 0.6) is 0 Å². The van der Waals surface area contributed by atoms with Crippen molar-refractivity contribution in [2.24, 2.45) is 0 Å². The van der Waals surface area contributed by atoms with Gasteiger partial charge in [-0.15, -0.1) is 0 Å². The van der Waals surface area contributed by atoms with Crippen molar-refractivity contribution in [3.05, 3.63) is 85.1 Å². The lowest BCUT2D eigenvalue weighted by molar-refractivity contribution is -0.163. The Balaban J connectivity index is 4.32. The van der Waals surface area contributed by atoms with Crippen LogP contribution in [0.2, 0.25) is 0 Å². The second kappa shape index (κ2) is 54.4. The van der Waals surface area contributed by atoms with Gasteiger partial charge in [0.15, 0.2) is 6.10 Å². The highest BCUT2D eigenvalue weighted by Gasteiger charge is 2.17. The van der Waals surface area contributed by atoms with Crippen LogP contribution in [0.1, 0.15) is 252 Å². The molecule has 0 radical (unpaired) electrons. The number of allylic oxidation sites excluding steroid dienone is 14. The highest BCUT2D eigenvalue weighted by Crippen LogP contribution is 2.14. The summed E-state index contributed by atoms with van der Waals surface area (Å²) in [5.41, 5.74) is 0. The Morgan fingerprint density at radius 2 is 0.703 bits per heavy atom. The fourth-order valence-corrected chi connectivity index (χ4v) is 7.42. The average molecular weight is 891 g/mol. The van der Waals surface area contributed by atoms with Crippen molar-refractivity contribution in [1.82, 2.24) is 0 Å². The zero-order valence-electron chi connectivity index (χ0n) is 42.3. The molecule has 368 valence electrons. The number of hydrogen-bond donors (Lipinski definition) is 0. The third kappa shape index (κ3) is 51.7. The third-order valence-electron chi connectivity index (χ3n) is 11.4. The Labute approximate surface area is 397 Å². The highest BCUT2D eigenvalue weighted by atomic mass is 16.6. The van der Waals surface area contributed by atoms with Gasteiger partial charge in [0.1, 0.15) is 6.61 Å². The lowest BCUT2D eigenvalue weighted by atomic mass is 10.1. The molecule has 0 aliphatic rings. The molecule has 1 unspecified atom stereocenters. The summed E-state index contributed by atoms with van der Waals surface area (Å²) in [7, 11) is 0. The van der Waals surface area contributed by atoms with Crippen LogP contribution in [0.25, 0.3) is 0 Å². The van der Waals surface area contributed by atoms with E-state index < -0.39 is 6.10 Å². The van der Waals surface area contributed by atoms with Crippen molar-refractivity contribution >= 4 is 11.9 Å². The number of ether oxygens (including phenoxy) is 3. The molecule has 0 amide bonds. The first-order chi connectivity index (χ1) is 31.6. The predicted molar refractivity (Wildman–Crippen MR) is 279 cm³/mol. The number of hydrogen-bond acceptors (Lipinski definition) is 5. The van der Waals surface area contributed by atoms with E-state index in [1.165, 1.54) is 116 Å². The van der Waals surface area contributed by atoms with Gasteiger partial charge in [0, 0.05) is 19.4 Å². The van der Waals surface area contributed by atoms with E-state index in [4.69, 9.17) is 14.2 Å². The third-order valence-corrected chi connectivity index (χ3v) is 11.4. The van der Waals surface area contributed by atoms with Gasteiger partial charge in [-0.05, 0) is 109 Å². The SMILES string of the molecule is CC/C=C\C/C=C\C/C=C\CCCCCCCCCC(=O)OCC(COCCCCCC/C=C\C/C=C\C/C=C\CC)OC(=O)CCCCCCCCC/C=C\CCCCCCCC. The molecule has 0 aromatic heterocycles. The Hall–Kier alpha value is -2.92. The predicted octanol–water partition coefficient (Wildman–Crippen LogP) is 18.5. The molecule has 0 rings (SSSR count). The molecule has 0 N–H and O–H groups in total. The van der Waals surface area contributed by atoms with Crippen LogP contribution < -0.4 is 0 Å². The average Bonchev–Trinajstić information content (AvgIpc) is 3.30. The van der Waals surface area contributed by atoms with Gasteiger partial charge in [0.05, 0.1) is 6.61 Å². The Morgan fingerprint density at radius 3 is 1.14 bits per heavy atom. The zero-order chi connectivity index (χ0) is 46.3. The molecule has 64 heavy (non-hydrogen) atoms. The standard InChI is InChI=1S/C59H102O5/c1-4-7-10-13-16-19-22-25-28-30-32-34-37-40-43-46-49-52-58(60)63-56-57(55-62-54-51-48-45-42-39-36-27-24-21-18-15-12-9-6-3)64-59(61)53-50-47-44-41-38-35-33-31-29-26-23-20-17-14-11-8-5-2/h7,9-10,12,16,18-19,21,25-29,36,57H,4-6,8,11,13-15,17,20,22-24,30-35,37-56H2,1-3H3/b10-7-,12-9-,19-16-,21-18-,28-25-,29-26-,36-27-. The van der Waals surface area contributed by atoms with Gasteiger partial charge in [0.25, 0.3) is 0 Å². The normalized spacial score (nSPS) is 12.9. The fourth-order valence-electron chi connectivity index (χ4n) is 7.42. The zero-order valence-corrected chi connectivity index (χ0v) is 42.3. The van der Waals surface area contributed by atoms with Crippen LogP contribution in [0, 0.1) is 0 Å². The first-order valence-electron chi connectivity index (χ1n) is 27.1. The summed E-state index contributed by atoms with van der Waals surface area (Å²) >= 11 is 0. The minimum absolute atomic E-state index is 0.0663. The molecule has 0 aliphatic heterocycles. The summed E-state index contributed by atoms with van der Waals surface area (Å²) < 4.78 is 17.4. The summed E-state index contributed by atoms with van der Waals surface area (Å²) in [5.74, 6) is -0.424. The Kier molecular flexibility index (Phi) is 51.9. The van der Waals surface area contributed by atoms with Crippen molar-refractivity contribution in [2.45, 2.75) is 258 Å². The number of carbonyl (C=O) groups is 2. The van der Waals surface area contributed by atoms with Crippen LogP contribution in [0.4, 0.5) is 0 Å². The molecule has 1 atom stereocenters. The maximum atomic E-state index is 12.8. The van der Waals surface area contributed by atoms with E-state index >= 15 is 0 Å². The molecule has 0 saturated heterocycles. The number of unbranched alkanes of at least 4 members (excludes halogenated alkanes) is 24. The van der Waals surface area contributed by atoms with Crippen molar-refractivity contribution in [1.29, 1.82) is 0 Å². The van der Waals surface area contributed by atoms with E-state index in [1.807, 2.05) is 0 Å². The molecule has 0 aliphatic carbocycles. The smallest absolute Gasteiger partial charge is 0.306 e. The Bertz CT molecular complexity index is 1190. The van der Waals surface area contributed by atoms with E-state index in [2.05, 4.69) is 106 Å². The number of carbonyl (C=O) groups excluding carboxylic acids is 2. The molecule has 0 aromatic rings. The molecule has 0 spiro atoms. The highest BCUT2D eigenvalue weighted by molar-refractivity contribution is 5.70. The van der Waals surface area contributed by atoms with E-state index in [0.29, 0.717) is 19.4 Å². The first kappa shape index (κ1) is 61.1. The minimum atomic E-state index is -0.558. The monoisotopic (exact) mass is 891 g/mol. The van der Waals surface area contributed by atoms with Gasteiger partial charge in [0.2, 0.25) is 0 Å². The maximum Gasteiger partial charge on any atom is 0.306 e. The van der Waals surface area contributed by atoms with Gasteiger partial charge in [-0.3, -0.25) is 9.59 Å². The van der Waals surface area contributed by atoms with Gasteiger partial charge in [-0.1, -0.05) is 215 Å². The second-order valence-electron chi connectivity index (χ2n) is 17.7. The van der Waals surface area contributed by atoms with Crippen molar-refractivity contribution in [2.75, 3.05) is 19.8 Å². The molecule has 0 saturated carbocycles. The van der Waals surface area contributed by atoms with Gasteiger partial charge >= 0.3 is 11.9 Å². The molecule has 5 nitrogen and oxygen atoms in total. The molecule has 0 fully saturated rings. The lowest BCUT2D eigenvalue weighted by Gasteiger charge is -2.18. The number of esters is 2. The summed E-state index contributed by atoms with van der Waals surface area (Å²) in [5, 5.41) is 0. The molecule has 0 aromatic carbocycles. The Morgan fingerprint density at radius 1 is 0.359 bits per heavy atom. The van der Waals surface area contributed by atoms with Crippen molar-refractivity contribution in [3.8, 4) is 0 Å². The van der Waals surface area contributed by atoms with Crippen LogP contribution in [0.15, 0.2) is 85.1 Å². The van der Waals surface area contributed by atoms with E-state index in [9.17, 15) is 9.59 Å². The van der Waals surface area contributed by atoms with Crippen LogP contribution in [0.3, 0.4) is 0 Å². The lowest BCUT2D eigenvalue weighted by Crippen LogP contribution is -2.30. The van der Waals surface area contributed by atoms with Crippen LogP contribution in [-0.2, 0) is 23.8 Å². The quantitative estimate of drug-likeness (QED) is 0.0346. The van der Waals surface area contributed by atoms with Crippen molar-refractivity contribution in [3.63, 3.8) is 0 Å². The summed E-state index contributed by atoms with van der Waals surface area (Å²) in [6.45, 7) is 7.55. The maximum absolute atomic E-state index is 12.8. The van der Waals surface area contributed by atoms with Crippen LogP contribution in [-0.4, -0.2) is 37.9 Å². The largest absolute Gasteiger partial charge is 0.462 e. The number of rotatable bonds is 49. The molecule has 5 heteroatoms. The van der Waals surface area contributed by atoms with E-state index in [-0.39, 0.29) is 25.2 Å². The first-order valence-corrected chi connectivity index (χ1v) is 27.1. The molecular weight excluding hydrogens is 789 g/mol. The molecule has 0 bridgehead atoms. The summed E-state index contributed by atoms with van der Waals surface area (Å²) in [6.07, 6.45) is 71.7. The summed E-state index contributed by atoms with van der Waals surface area (Å²) in [4.78, 5) is 25.5. The molecular formula is C59H102O5. The van der Waals surface area contributed by atoms with Gasteiger partial charge in [-0.2, -0.15) is 0 Å². The fraction of sp³-hybridized carbons (Fsp3) is 0.729. The van der Waals surface area contributed by atoms with E-state index in [0.717, 1.165) is 103 Å². The summed E-state index contributed by atoms with van der Waals surface area (Å²) in [6, 6.07) is 0. The second-order valence-corrected chi connectivity index (χ2v) is 17.7. The minimum Gasteiger partial charge on any atom is -0.462 e. The van der Waals surface area contributed by atoms with E-state index in [1.54, 1.807) is 0 Å². The van der Waals surface area contributed by atoms with Crippen LogP contribution >= 0.6 is 0 Å². The van der Waals surface area contributed by atoms with Gasteiger partial charge in [-0.25, -0.2) is 0 Å². The van der Waals surface area contributed by atoms with Crippen molar-refractivity contribution < 1.29 is 23.8 Å².